The Bertz CT molecular complexity index is 1420. The van der Waals surface area contributed by atoms with Gasteiger partial charge in [-0.25, -0.2) is 22.3 Å². The van der Waals surface area contributed by atoms with Crippen LogP contribution in [0.3, 0.4) is 0 Å². The number of alkyl halides is 3. The predicted octanol–water partition coefficient (Wildman–Crippen LogP) is 3.12. The van der Waals surface area contributed by atoms with Gasteiger partial charge in [-0.1, -0.05) is 6.92 Å². The summed E-state index contributed by atoms with van der Waals surface area (Å²) in [7, 11) is -8.28. The highest BCUT2D eigenvalue weighted by molar-refractivity contribution is 7.92. The van der Waals surface area contributed by atoms with E-state index in [-0.39, 0.29) is 35.1 Å². The van der Waals surface area contributed by atoms with Crippen molar-refractivity contribution < 1.29 is 48.7 Å². The Morgan fingerprint density at radius 2 is 1.72 bits per heavy atom. The average molecular weight is 599 g/mol. The smallest absolute Gasteiger partial charge is 0.427 e. The summed E-state index contributed by atoms with van der Waals surface area (Å²) in [6, 6.07) is 7.55. The summed E-state index contributed by atoms with van der Waals surface area (Å²) in [4.78, 5) is 11.9. The Morgan fingerprint density at radius 1 is 1.08 bits per heavy atom. The number of nitrogens with zero attached hydrogens (tertiary/aromatic N) is 1. The molecule has 1 aliphatic heterocycles. The summed E-state index contributed by atoms with van der Waals surface area (Å²) in [5.41, 5.74) is -3.04. The maximum absolute atomic E-state index is 13.5. The van der Waals surface area contributed by atoms with E-state index in [1.165, 1.54) is 12.1 Å². The lowest BCUT2D eigenvalue weighted by Gasteiger charge is -2.35. The molecule has 0 radical (unpaired) electrons. The highest BCUT2D eigenvalue weighted by Gasteiger charge is 2.51. The Kier molecular flexibility index (Phi) is 8.69. The molecule has 0 saturated heterocycles. The molecule has 1 aliphatic rings. The van der Waals surface area contributed by atoms with Crippen LogP contribution in [-0.4, -0.2) is 60.4 Å². The minimum absolute atomic E-state index is 0.0332. The fourth-order valence-electron chi connectivity index (χ4n) is 3.33. The molecule has 11 nitrogen and oxygen atoms in total. The molecule has 216 valence electrons. The van der Waals surface area contributed by atoms with Crippen molar-refractivity contribution in [3.63, 3.8) is 0 Å². The van der Waals surface area contributed by atoms with E-state index in [4.69, 9.17) is 4.74 Å². The standard InChI is InChI=1S/C22H26F4N4O7S2/c1-4-27-39(34,35)28-12-16-13-30(38(32,33)17-8-5-14(23)6-9-17)18-11-15(7-10-19(18)36-16)29-20(31)37-21(2,3)22(24,25)26/h5-11,16,27-28H,4,12-13H2,1-3H3,(H,29,31). The molecule has 0 bridgehead atoms. The van der Waals surface area contributed by atoms with Crippen LogP contribution in [0.2, 0.25) is 0 Å². The topological polar surface area (TPSA) is 143 Å². The lowest BCUT2D eigenvalue weighted by molar-refractivity contribution is -0.242. The second-order valence-electron chi connectivity index (χ2n) is 8.78. The number of fused-ring (bicyclic) bond motifs is 1. The lowest BCUT2D eigenvalue weighted by atomic mass is 10.1. The molecular formula is C22H26F4N4O7S2. The highest BCUT2D eigenvalue weighted by atomic mass is 32.2. The molecule has 1 heterocycles. The summed E-state index contributed by atoms with van der Waals surface area (Å²) in [5, 5.41) is 2.12. The number of nitrogens with one attached hydrogen (secondary N) is 3. The van der Waals surface area contributed by atoms with Gasteiger partial charge in [0.25, 0.3) is 20.2 Å². The van der Waals surface area contributed by atoms with Crippen LogP contribution in [0.15, 0.2) is 47.4 Å². The van der Waals surface area contributed by atoms with Gasteiger partial charge in [0.15, 0.2) is 0 Å². The average Bonchev–Trinajstić information content (AvgIpc) is 2.81. The third-order valence-corrected chi connectivity index (χ3v) is 8.41. The van der Waals surface area contributed by atoms with E-state index in [1.807, 2.05) is 0 Å². The Morgan fingerprint density at radius 3 is 2.31 bits per heavy atom. The van der Waals surface area contributed by atoms with Gasteiger partial charge in [-0.2, -0.15) is 26.3 Å². The molecule has 0 spiro atoms. The maximum Gasteiger partial charge on any atom is 0.427 e. The SMILES string of the molecule is CCNS(=O)(=O)NCC1CN(S(=O)(=O)c2ccc(F)cc2)c2cc(NC(=O)OC(C)(C)C(F)(F)F)ccc2O1. The fraction of sp³-hybridized carbons (Fsp3) is 0.409. The number of anilines is 2. The van der Waals surface area contributed by atoms with Gasteiger partial charge in [0.1, 0.15) is 17.7 Å². The summed E-state index contributed by atoms with van der Waals surface area (Å²) in [6.45, 7) is 2.25. The van der Waals surface area contributed by atoms with E-state index in [9.17, 15) is 39.2 Å². The van der Waals surface area contributed by atoms with E-state index in [2.05, 4.69) is 19.5 Å². The minimum Gasteiger partial charge on any atom is -0.485 e. The van der Waals surface area contributed by atoms with E-state index in [1.54, 1.807) is 6.92 Å². The number of carbonyl (C=O) groups is 1. The first-order valence-corrected chi connectivity index (χ1v) is 14.3. The molecule has 2 aromatic rings. The third kappa shape index (κ3) is 7.28. The quantitative estimate of drug-likeness (QED) is 0.377. The number of benzene rings is 2. The number of hydrogen-bond acceptors (Lipinski definition) is 7. The predicted molar refractivity (Wildman–Crippen MR) is 133 cm³/mol. The van der Waals surface area contributed by atoms with Gasteiger partial charge in [0.05, 0.1) is 23.7 Å². The van der Waals surface area contributed by atoms with Gasteiger partial charge in [-0.05, 0) is 56.3 Å². The molecule has 3 N–H and O–H groups in total. The highest BCUT2D eigenvalue weighted by Crippen LogP contribution is 2.39. The number of rotatable bonds is 9. The number of sulfonamides is 1. The lowest BCUT2D eigenvalue weighted by Crippen LogP contribution is -2.50. The van der Waals surface area contributed by atoms with E-state index in [0.29, 0.717) is 13.8 Å². The van der Waals surface area contributed by atoms with Crippen molar-refractivity contribution in [1.82, 2.24) is 9.44 Å². The van der Waals surface area contributed by atoms with Gasteiger partial charge >= 0.3 is 12.3 Å². The molecule has 0 aliphatic carbocycles. The molecule has 1 unspecified atom stereocenters. The summed E-state index contributed by atoms with van der Waals surface area (Å²) >= 11 is 0. The van der Waals surface area contributed by atoms with Crippen molar-refractivity contribution in [3.8, 4) is 5.75 Å². The van der Waals surface area contributed by atoms with Gasteiger partial charge < -0.3 is 9.47 Å². The van der Waals surface area contributed by atoms with Crippen LogP contribution >= 0.6 is 0 Å². The van der Waals surface area contributed by atoms with Crippen molar-refractivity contribution in [2.75, 3.05) is 29.3 Å². The minimum atomic E-state index is -4.85. The van der Waals surface area contributed by atoms with Crippen molar-refractivity contribution in [2.45, 2.75) is 43.5 Å². The molecule has 1 amide bonds. The van der Waals surface area contributed by atoms with Gasteiger partial charge in [0.2, 0.25) is 5.60 Å². The van der Waals surface area contributed by atoms with E-state index < -0.39 is 56.6 Å². The fourth-order valence-corrected chi connectivity index (χ4v) is 5.72. The first-order valence-electron chi connectivity index (χ1n) is 11.3. The zero-order chi connectivity index (χ0) is 29.2. The summed E-state index contributed by atoms with van der Waals surface area (Å²) in [6.07, 6.45) is -7.31. The van der Waals surface area contributed by atoms with Gasteiger partial charge in [-0.3, -0.25) is 9.62 Å². The number of halogens is 4. The number of ether oxygens (including phenoxy) is 2. The summed E-state index contributed by atoms with van der Waals surface area (Å²) in [5.74, 6) is -0.715. The summed E-state index contributed by atoms with van der Waals surface area (Å²) < 4.78 is 119. The van der Waals surface area contributed by atoms with Crippen molar-refractivity contribution >= 4 is 37.7 Å². The van der Waals surface area contributed by atoms with Gasteiger partial charge in [-0.15, -0.1) is 0 Å². The number of amides is 1. The molecular weight excluding hydrogens is 572 g/mol. The monoisotopic (exact) mass is 598 g/mol. The largest absolute Gasteiger partial charge is 0.485 e. The first-order chi connectivity index (χ1) is 17.9. The van der Waals surface area contributed by atoms with Crippen molar-refractivity contribution in [1.29, 1.82) is 0 Å². The Balaban J connectivity index is 1.94. The number of carbonyl (C=O) groups excluding carboxylic acids is 1. The van der Waals surface area contributed by atoms with Crippen LogP contribution in [0, 0.1) is 5.82 Å². The zero-order valence-corrected chi connectivity index (χ0v) is 22.5. The molecule has 3 rings (SSSR count). The molecule has 1 atom stereocenters. The van der Waals surface area contributed by atoms with Crippen LogP contribution in [0.25, 0.3) is 0 Å². The normalized spacial score (nSPS) is 16.3. The molecule has 0 saturated carbocycles. The van der Waals surface area contributed by atoms with E-state index in [0.717, 1.165) is 34.6 Å². The molecule has 39 heavy (non-hydrogen) atoms. The van der Waals surface area contributed by atoms with Crippen LogP contribution in [0.5, 0.6) is 5.75 Å². The molecule has 17 heteroatoms. The van der Waals surface area contributed by atoms with Crippen LogP contribution < -0.4 is 23.8 Å². The maximum atomic E-state index is 13.5. The Hall–Kier alpha value is -3.15. The Labute approximate surface area is 222 Å². The molecule has 0 fully saturated rings. The van der Waals surface area contributed by atoms with E-state index >= 15 is 0 Å². The zero-order valence-electron chi connectivity index (χ0n) is 20.9. The molecule has 2 aromatic carbocycles. The second-order valence-corrected chi connectivity index (χ2v) is 12.2. The third-order valence-electron chi connectivity index (χ3n) is 5.40. The second kappa shape index (κ2) is 11.1. The van der Waals surface area contributed by atoms with Crippen molar-refractivity contribution in [2.24, 2.45) is 0 Å². The molecule has 0 aromatic heterocycles. The van der Waals surface area contributed by atoms with Gasteiger partial charge in [0, 0.05) is 12.2 Å². The first kappa shape index (κ1) is 30.4. The van der Waals surface area contributed by atoms with Crippen LogP contribution in [0.4, 0.5) is 33.7 Å². The van der Waals surface area contributed by atoms with Crippen LogP contribution in [-0.2, 0) is 25.0 Å². The number of hydrogen-bond donors (Lipinski definition) is 3. The van der Waals surface area contributed by atoms with Crippen LogP contribution in [0.1, 0.15) is 20.8 Å². The van der Waals surface area contributed by atoms with Crippen molar-refractivity contribution in [3.05, 3.63) is 48.3 Å².